The van der Waals surface area contributed by atoms with Crippen LogP contribution in [0.2, 0.25) is 0 Å². The number of ether oxygens (including phenoxy) is 2. The van der Waals surface area contributed by atoms with E-state index in [4.69, 9.17) is 9.47 Å². The van der Waals surface area contributed by atoms with Crippen LogP contribution in [0, 0.1) is 11.8 Å². The molecule has 0 aliphatic heterocycles. The van der Waals surface area contributed by atoms with Gasteiger partial charge in [0.15, 0.2) is 0 Å². The highest BCUT2D eigenvalue weighted by Gasteiger charge is 1.95. The molecule has 0 aromatic heterocycles. The molecule has 0 saturated heterocycles. The van der Waals surface area contributed by atoms with Crippen LogP contribution in [0.3, 0.4) is 0 Å². The first kappa shape index (κ1) is 12.5. The maximum absolute atomic E-state index is 4.93. The predicted octanol–water partition coefficient (Wildman–Crippen LogP) is 2.58. The Labute approximate surface area is 81.6 Å². The van der Waals surface area contributed by atoms with E-state index in [1.807, 2.05) is 0 Å². The van der Waals surface area contributed by atoms with E-state index in [0.717, 1.165) is 6.42 Å². The number of hydrogen-bond acceptors (Lipinski definition) is 2. The Bertz CT molecular complexity index is 151. The Kier molecular flexibility index (Phi) is 9.18. The van der Waals surface area contributed by atoms with E-state index in [0.29, 0.717) is 0 Å². The van der Waals surface area contributed by atoms with Gasteiger partial charge in [0.05, 0.1) is 0 Å². The molecule has 0 aliphatic carbocycles. The third-order valence-electron chi connectivity index (χ3n) is 1.80. The lowest BCUT2D eigenvalue weighted by Crippen LogP contribution is -2.09. The summed E-state index contributed by atoms with van der Waals surface area (Å²) in [6.45, 7) is 2.21. The molecular formula is C11H20O2. The monoisotopic (exact) mass is 184 g/mol. The van der Waals surface area contributed by atoms with E-state index < -0.39 is 0 Å². The van der Waals surface area contributed by atoms with E-state index in [1.165, 1.54) is 25.7 Å². The maximum atomic E-state index is 4.93. The van der Waals surface area contributed by atoms with Gasteiger partial charge in [-0.2, -0.15) is 0 Å². The van der Waals surface area contributed by atoms with Crippen molar-refractivity contribution in [3.63, 3.8) is 0 Å². The first-order valence-corrected chi connectivity index (χ1v) is 4.89. The van der Waals surface area contributed by atoms with Crippen molar-refractivity contribution in [3.05, 3.63) is 0 Å². The molecule has 2 heteroatoms. The minimum atomic E-state index is -0.355. The highest BCUT2D eigenvalue weighted by atomic mass is 16.7. The molecule has 0 aromatic carbocycles. The number of unbranched alkanes of at least 4 members (excludes halogenated alkanes) is 4. The molecule has 0 N–H and O–H groups in total. The van der Waals surface area contributed by atoms with E-state index in [2.05, 4.69) is 18.8 Å². The van der Waals surface area contributed by atoms with E-state index >= 15 is 0 Å². The summed E-state index contributed by atoms with van der Waals surface area (Å²) in [6.07, 6.45) is 5.62. The SMILES string of the molecule is CCCCCCC#CC(OC)OC. The highest BCUT2D eigenvalue weighted by Crippen LogP contribution is 2.01. The molecule has 0 atom stereocenters. The van der Waals surface area contributed by atoms with Crippen LogP contribution in [-0.2, 0) is 9.47 Å². The van der Waals surface area contributed by atoms with Crippen molar-refractivity contribution in [3.8, 4) is 11.8 Å². The average molecular weight is 184 g/mol. The molecule has 0 heterocycles. The second-order valence-electron chi connectivity index (χ2n) is 2.94. The predicted molar refractivity (Wildman–Crippen MR) is 54.3 cm³/mol. The molecular weight excluding hydrogens is 164 g/mol. The van der Waals surface area contributed by atoms with Crippen molar-refractivity contribution in [2.45, 2.75) is 45.3 Å². The van der Waals surface area contributed by atoms with Gasteiger partial charge in [-0.05, 0) is 12.3 Å². The molecule has 0 saturated carbocycles. The second-order valence-corrected chi connectivity index (χ2v) is 2.94. The first-order valence-electron chi connectivity index (χ1n) is 4.89. The quantitative estimate of drug-likeness (QED) is 0.359. The van der Waals surface area contributed by atoms with E-state index in [-0.39, 0.29) is 6.29 Å². The molecule has 0 bridgehead atoms. The van der Waals surface area contributed by atoms with Gasteiger partial charge < -0.3 is 9.47 Å². The Balaban J connectivity index is 3.37. The molecule has 76 valence electrons. The Hall–Kier alpha value is -0.520. The van der Waals surface area contributed by atoms with Crippen molar-refractivity contribution in [1.29, 1.82) is 0 Å². The van der Waals surface area contributed by atoms with Crippen LogP contribution in [0.5, 0.6) is 0 Å². The third kappa shape index (κ3) is 7.83. The molecule has 0 spiro atoms. The molecule has 0 aliphatic rings. The maximum Gasteiger partial charge on any atom is 0.221 e. The van der Waals surface area contributed by atoms with Crippen molar-refractivity contribution in [1.82, 2.24) is 0 Å². The number of methoxy groups -OCH3 is 2. The topological polar surface area (TPSA) is 18.5 Å². The lowest BCUT2D eigenvalue weighted by Gasteiger charge is -2.03. The third-order valence-corrected chi connectivity index (χ3v) is 1.80. The fourth-order valence-electron chi connectivity index (χ4n) is 1.01. The van der Waals surface area contributed by atoms with Gasteiger partial charge >= 0.3 is 0 Å². The summed E-state index contributed by atoms with van der Waals surface area (Å²) in [6, 6.07) is 0. The lowest BCUT2D eigenvalue weighted by atomic mass is 10.2. The molecule has 0 rings (SSSR count). The van der Waals surface area contributed by atoms with Crippen LogP contribution >= 0.6 is 0 Å². The number of rotatable bonds is 6. The van der Waals surface area contributed by atoms with Crippen LogP contribution in [0.1, 0.15) is 39.0 Å². The largest absolute Gasteiger partial charge is 0.345 e. The summed E-state index contributed by atoms with van der Waals surface area (Å²) < 4.78 is 9.86. The summed E-state index contributed by atoms with van der Waals surface area (Å²) in [5, 5.41) is 0. The van der Waals surface area contributed by atoms with Crippen LogP contribution in [-0.4, -0.2) is 20.5 Å². The summed E-state index contributed by atoms with van der Waals surface area (Å²) in [5.74, 6) is 5.95. The van der Waals surface area contributed by atoms with Crippen LogP contribution in [0.4, 0.5) is 0 Å². The van der Waals surface area contributed by atoms with Crippen molar-refractivity contribution in [2.75, 3.05) is 14.2 Å². The minimum Gasteiger partial charge on any atom is -0.345 e. The van der Waals surface area contributed by atoms with Crippen LogP contribution in [0.15, 0.2) is 0 Å². The van der Waals surface area contributed by atoms with Gasteiger partial charge in [-0.15, -0.1) is 0 Å². The Morgan fingerprint density at radius 3 is 2.31 bits per heavy atom. The van der Waals surface area contributed by atoms with Gasteiger partial charge in [-0.3, -0.25) is 0 Å². The molecule has 0 aromatic rings. The zero-order valence-electron chi connectivity index (χ0n) is 8.93. The second kappa shape index (κ2) is 9.57. The summed E-state index contributed by atoms with van der Waals surface area (Å²) >= 11 is 0. The molecule has 0 fully saturated rings. The van der Waals surface area contributed by atoms with E-state index in [1.54, 1.807) is 14.2 Å². The summed E-state index contributed by atoms with van der Waals surface area (Å²) in [7, 11) is 3.19. The molecule has 0 radical (unpaired) electrons. The molecule has 13 heavy (non-hydrogen) atoms. The van der Waals surface area contributed by atoms with Crippen molar-refractivity contribution >= 4 is 0 Å². The van der Waals surface area contributed by atoms with Crippen molar-refractivity contribution in [2.24, 2.45) is 0 Å². The smallest absolute Gasteiger partial charge is 0.221 e. The zero-order chi connectivity index (χ0) is 9.94. The molecule has 2 nitrogen and oxygen atoms in total. The average Bonchev–Trinajstić information content (AvgIpc) is 2.17. The van der Waals surface area contributed by atoms with Gasteiger partial charge in [-0.1, -0.05) is 32.1 Å². The molecule has 0 amide bonds. The summed E-state index contributed by atoms with van der Waals surface area (Å²) in [4.78, 5) is 0. The summed E-state index contributed by atoms with van der Waals surface area (Å²) in [5.41, 5.74) is 0. The van der Waals surface area contributed by atoms with Gasteiger partial charge in [-0.25, -0.2) is 0 Å². The number of hydrogen-bond donors (Lipinski definition) is 0. The first-order chi connectivity index (χ1) is 6.35. The van der Waals surface area contributed by atoms with Gasteiger partial charge in [0, 0.05) is 20.6 Å². The van der Waals surface area contributed by atoms with Gasteiger partial charge in [0.1, 0.15) is 0 Å². The van der Waals surface area contributed by atoms with Crippen molar-refractivity contribution < 1.29 is 9.47 Å². The van der Waals surface area contributed by atoms with Gasteiger partial charge in [0.2, 0.25) is 6.29 Å². The van der Waals surface area contributed by atoms with Crippen LogP contribution in [0.25, 0.3) is 0 Å². The highest BCUT2D eigenvalue weighted by molar-refractivity contribution is 5.01. The van der Waals surface area contributed by atoms with Gasteiger partial charge in [0.25, 0.3) is 0 Å². The Morgan fingerprint density at radius 1 is 1.08 bits per heavy atom. The molecule has 0 unspecified atom stereocenters. The fraction of sp³-hybridized carbons (Fsp3) is 0.818. The lowest BCUT2D eigenvalue weighted by molar-refractivity contribution is -0.0595. The van der Waals surface area contributed by atoms with Crippen LogP contribution < -0.4 is 0 Å². The zero-order valence-corrected chi connectivity index (χ0v) is 8.93. The fourth-order valence-corrected chi connectivity index (χ4v) is 1.01. The Morgan fingerprint density at radius 2 is 1.77 bits per heavy atom. The minimum absolute atomic E-state index is 0.355. The van der Waals surface area contributed by atoms with E-state index in [9.17, 15) is 0 Å². The standard InChI is InChI=1S/C11H20O2/c1-4-5-6-7-8-9-10-11(12-2)13-3/h11H,4-8H2,1-3H3. The normalized spacial score (nSPS) is 9.85.